The zero-order chi connectivity index (χ0) is 51.3. The number of rotatable bonds is 14. The SMILES string of the molecule is CCC1(CC)c2cc(/C=C/c3ccc(/C=C/c4ccc(-c5cc(-c6ccccc6)c(-c6ccccc6)c(-c6ccccc6)c5-c5ccccc5)cc4)cc3)ccc2-c2ccc(N(c3ccccc3)c3ccccc3)cc21. The summed E-state index contributed by atoms with van der Waals surface area (Å²) in [5.74, 6) is 0. The maximum atomic E-state index is 2.46. The van der Waals surface area contributed by atoms with Gasteiger partial charge in [-0.1, -0.05) is 269 Å². The summed E-state index contributed by atoms with van der Waals surface area (Å²) < 4.78 is 0. The van der Waals surface area contributed by atoms with Crippen molar-refractivity contribution in [2.45, 2.75) is 32.1 Å². The van der Waals surface area contributed by atoms with Gasteiger partial charge >= 0.3 is 0 Å². The van der Waals surface area contributed by atoms with Gasteiger partial charge in [0, 0.05) is 22.5 Å². The molecule has 1 aliphatic carbocycles. The molecule has 0 radical (unpaired) electrons. The monoisotopic (exact) mass is 973 g/mol. The molecule has 11 aromatic rings. The van der Waals surface area contributed by atoms with Gasteiger partial charge in [-0.25, -0.2) is 0 Å². The van der Waals surface area contributed by atoms with E-state index >= 15 is 0 Å². The molecule has 76 heavy (non-hydrogen) atoms. The molecule has 0 unspecified atom stereocenters. The van der Waals surface area contributed by atoms with E-state index in [4.69, 9.17) is 0 Å². The van der Waals surface area contributed by atoms with Crippen LogP contribution in [-0.2, 0) is 5.41 Å². The van der Waals surface area contributed by atoms with Crippen LogP contribution in [0.25, 0.3) is 91.1 Å². The summed E-state index contributed by atoms with van der Waals surface area (Å²) >= 11 is 0. The van der Waals surface area contributed by atoms with Crippen molar-refractivity contribution in [1.29, 1.82) is 0 Å². The van der Waals surface area contributed by atoms with Crippen LogP contribution in [0.3, 0.4) is 0 Å². The lowest BCUT2D eigenvalue weighted by atomic mass is 9.73. The van der Waals surface area contributed by atoms with E-state index in [1.165, 1.54) is 94.7 Å². The minimum atomic E-state index is -0.0745. The Morgan fingerprint density at radius 3 is 1.07 bits per heavy atom. The molecule has 0 bridgehead atoms. The van der Waals surface area contributed by atoms with E-state index in [1.54, 1.807) is 0 Å². The topological polar surface area (TPSA) is 3.24 Å². The molecule has 0 fully saturated rings. The third kappa shape index (κ3) is 9.22. The molecule has 1 aliphatic rings. The van der Waals surface area contributed by atoms with E-state index in [9.17, 15) is 0 Å². The Bertz CT molecular complexity index is 3780. The van der Waals surface area contributed by atoms with Crippen LogP contribution in [0.15, 0.2) is 273 Å². The van der Waals surface area contributed by atoms with Gasteiger partial charge in [-0.3, -0.25) is 0 Å². The second-order valence-electron chi connectivity index (χ2n) is 19.8. The first-order valence-corrected chi connectivity index (χ1v) is 26.8. The third-order valence-electron chi connectivity index (χ3n) is 15.6. The molecule has 0 saturated carbocycles. The van der Waals surface area contributed by atoms with Gasteiger partial charge in [-0.05, 0) is 155 Å². The average molecular weight is 974 g/mol. The zero-order valence-corrected chi connectivity index (χ0v) is 43.2. The van der Waals surface area contributed by atoms with Crippen molar-refractivity contribution in [2.75, 3.05) is 4.90 Å². The fourth-order valence-corrected chi connectivity index (χ4v) is 11.7. The summed E-state index contributed by atoms with van der Waals surface area (Å²) in [7, 11) is 0. The molecular weight excluding hydrogens is 915 g/mol. The number of anilines is 3. The number of nitrogens with zero attached hydrogens (tertiary/aromatic N) is 1. The van der Waals surface area contributed by atoms with Gasteiger partial charge in [0.05, 0.1) is 0 Å². The summed E-state index contributed by atoms with van der Waals surface area (Å²) in [5, 5.41) is 0. The second-order valence-corrected chi connectivity index (χ2v) is 19.8. The fourth-order valence-electron chi connectivity index (χ4n) is 11.7. The smallest absolute Gasteiger partial charge is 0.0465 e. The van der Waals surface area contributed by atoms with Crippen LogP contribution in [0.4, 0.5) is 17.1 Å². The number of hydrogen-bond donors (Lipinski definition) is 0. The number of hydrogen-bond acceptors (Lipinski definition) is 1. The second kappa shape index (κ2) is 21.3. The number of benzene rings is 11. The largest absolute Gasteiger partial charge is 0.310 e. The zero-order valence-electron chi connectivity index (χ0n) is 43.2. The van der Waals surface area contributed by atoms with Crippen LogP contribution in [0.2, 0.25) is 0 Å². The molecule has 0 N–H and O–H groups in total. The van der Waals surface area contributed by atoms with Crippen molar-refractivity contribution >= 4 is 41.4 Å². The minimum Gasteiger partial charge on any atom is -0.310 e. The normalized spacial score (nSPS) is 12.4. The number of para-hydroxylation sites is 2. The highest BCUT2D eigenvalue weighted by Gasteiger charge is 2.41. The number of fused-ring (bicyclic) bond motifs is 3. The van der Waals surface area contributed by atoms with Crippen molar-refractivity contribution in [1.82, 2.24) is 0 Å². The van der Waals surface area contributed by atoms with Crippen molar-refractivity contribution < 1.29 is 0 Å². The Kier molecular flexibility index (Phi) is 13.3. The first kappa shape index (κ1) is 47.7. The van der Waals surface area contributed by atoms with Gasteiger partial charge in [0.1, 0.15) is 0 Å². The lowest BCUT2D eigenvalue weighted by Gasteiger charge is -2.32. The van der Waals surface area contributed by atoms with Crippen LogP contribution < -0.4 is 4.90 Å². The molecule has 0 saturated heterocycles. The summed E-state index contributed by atoms with van der Waals surface area (Å²) in [5.41, 5.74) is 25.7. The van der Waals surface area contributed by atoms with Gasteiger partial charge in [-0.2, -0.15) is 0 Å². The molecule has 11 aromatic carbocycles. The van der Waals surface area contributed by atoms with Crippen LogP contribution in [0.1, 0.15) is 60.1 Å². The van der Waals surface area contributed by atoms with E-state index in [2.05, 4.69) is 316 Å². The Morgan fingerprint density at radius 1 is 0.276 bits per heavy atom. The fraction of sp³-hybridized carbons (Fsp3) is 0.0667. The summed E-state index contributed by atoms with van der Waals surface area (Å²) in [6.45, 7) is 4.71. The van der Waals surface area contributed by atoms with Crippen molar-refractivity contribution in [3.05, 3.63) is 306 Å². The van der Waals surface area contributed by atoms with Crippen molar-refractivity contribution in [3.8, 4) is 66.8 Å². The molecule has 0 amide bonds. The Labute approximate surface area is 449 Å². The van der Waals surface area contributed by atoms with Gasteiger partial charge in [-0.15, -0.1) is 0 Å². The predicted molar refractivity (Wildman–Crippen MR) is 326 cm³/mol. The predicted octanol–water partition coefficient (Wildman–Crippen LogP) is 20.9. The third-order valence-corrected chi connectivity index (χ3v) is 15.6. The first-order chi connectivity index (χ1) is 37.6. The van der Waals surface area contributed by atoms with E-state index < -0.39 is 0 Å². The molecule has 0 aliphatic heterocycles. The lowest BCUT2D eigenvalue weighted by Crippen LogP contribution is -2.23. The maximum Gasteiger partial charge on any atom is 0.0465 e. The van der Waals surface area contributed by atoms with Crippen LogP contribution >= 0.6 is 0 Å². The van der Waals surface area contributed by atoms with E-state index in [1.807, 2.05) is 0 Å². The van der Waals surface area contributed by atoms with E-state index in [0.29, 0.717) is 0 Å². The Hall–Kier alpha value is -9.30. The first-order valence-electron chi connectivity index (χ1n) is 26.8. The van der Waals surface area contributed by atoms with Gasteiger partial charge in [0.25, 0.3) is 0 Å². The Balaban J connectivity index is 0.816. The molecule has 1 nitrogen and oxygen atoms in total. The molecule has 0 heterocycles. The van der Waals surface area contributed by atoms with Crippen molar-refractivity contribution in [3.63, 3.8) is 0 Å². The standard InChI is InChI=1S/C75H59N/c1-3-75(4-2)70-51-57(45-49-66(70)67-50-48-65(52-71(67)75)76(63-31-19-9-20-32-63)64-33-21-10-22-34-64)42-41-55-37-35-54(36-38-55)39-40-56-43-46-59(47-44-56)69-53-68(58-23-11-5-12-24-58)72(60-25-13-6-14-26-60)74(62-29-17-8-18-30-62)73(69)61-27-15-7-16-28-61/h5-53H,3-4H2,1-2H3/b40-39+,42-41+. The quantitative estimate of drug-likeness (QED) is 0.0982. The molecule has 0 atom stereocenters. The molecule has 0 spiro atoms. The average Bonchev–Trinajstić information content (AvgIpc) is 3.83. The lowest BCUT2D eigenvalue weighted by molar-refractivity contribution is 0.490. The summed E-state index contributed by atoms with van der Waals surface area (Å²) in [6, 6.07) is 99.5. The van der Waals surface area contributed by atoms with Crippen molar-refractivity contribution in [2.24, 2.45) is 0 Å². The highest BCUT2D eigenvalue weighted by atomic mass is 15.1. The highest BCUT2D eigenvalue weighted by molar-refractivity contribution is 6.07. The highest BCUT2D eigenvalue weighted by Crippen LogP contribution is 2.55. The maximum absolute atomic E-state index is 2.46. The Morgan fingerprint density at radius 2 is 0.618 bits per heavy atom. The van der Waals surface area contributed by atoms with Crippen LogP contribution in [-0.4, -0.2) is 0 Å². The van der Waals surface area contributed by atoms with Gasteiger partial charge in [0.2, 0.25) is 0 Å². The van der Waals surface area contributed by atoms with Gasteiger partial charge < -0.3 is 4.90 Å². The molecule has 12 rings (SSSR count). The molecule has 364 valence electrons. The van der Waals surface area contributed by atoms with E-state index in [0.717, 1.165) is 35.3 Å². The van der Waals surface area contributed by atoms with Crippen LogP contribution in [0.5, 0.6) is 0 Å². The van der Waals surface area contributed by atoms with Gasteiger partial charge in [0.15, 0.2) is 0 Å². The van der Waals surface area contributed by atoms with E-state index in [-0.39, 0.29) is 5.41 Å². The minimum absolute atomic E-state index is 0.0745. The molecule has 0 aromatic heterocycles. The van der Waals surface area contributed by atoms with Crippen LogP contribution in [0, 0.1) is 0 Å². The molecule has 1 heteroatoms. The molecular formula is C75H59N. The summed E-state index contributed by atoms with van der Waals surface area (Å²) in [4.78, 5) is 2.38. The summed E-state index contributed by atoms with van der Waals surface area (Å²) in [6.07, 6.45) is 11.0.